The zero-order valence-electron chi connectivity index (χ0n) is 12.4. The highest BCUT2D eigenvalue weighted by Crippen LogP contribution is 2.21. The van der Waals surface area contributed by atoms with Crippen molar-refractivity contribution in [1.82, 2.24) is 9.78 Å². The van der Waals surface area contributed by atoms with Crippen LogP contribution in [0, 0.1) is 5.82 Å². The largest absolute Gasteiger partial charge is 0.327 e. The van der Waals surface area contributed by atoms with E-state index in [-0.39, 0.29) is 11.9 Å². The highest BCUT2D eigenvalue weighted by molar-refractivity contribution is 6.31. The van der Waals surface area contributed by atoms with Gasteiger partial charge in [0, 0.05) is 35.3 Å². The smallest absolute Gasteiger partial charge is 0.127 e. The average Bonchev–Trinajstić information content (AvgIpc) is 2.85. The summed E-state index contributed by atoms with van der Waals surface area (Å²) in [5, 5.41) is 4.94. The highest BCUT2D eigenvalue weighted by Gasteiger charge is 2.15. The second-order valence-electron chi connectivity index (χ2n) is 5.16. The van der Waals surface area contributed by atoms with Crippen LogP contribution in [0.1, 0.15) is 30.8 Å². The molecule has 0 fully saturated rings. The molecule has 0 spiro atoms. The summed E-state index contributed by atoms with van der Waals surface area (Å²) in [5.41, 5.74) is 8.82. The van der Waals surface area contributed by atoms with E-state index >= 15 is 0 Å². The van der Waals surface area contributed by atoms with Crippen molar-refractivity contribution in [1.29, 1.82) is 0 Å². The van der Waals surface area contributed by atoms with Crippen LogP contribution in [0.15, 0.2) is 24.3 Å². The van der Waals surface area contributed by atoms with E-state index in [0.717, 1.165) is 24.4 Å². The highest BCUT2D eigenvalue weighted by atomic mass is 35.5. The van der Waals surface area contributed by atoms with Crippen molar-refractivity contribution in [3.05, 3.63) is 52.1 Å². The van der Waals surface area contributed by atoms with Crippen molar-refractivity contribution in [2.24, 2.45) is 5.73 Å². The Morgan fingerprint density at radius 1 is 1.33 bits per heavy atom. The molecule has 2 rings (SSSR count). The Bertz CT molecular complexity index is 589. The summed E-state index contributed by atoms with van der Waals surface area (Å²) < 4.78 is 15.8. The molecule has 0 aliphatic heterocycles. The number of aryl methyl sites for hydroxylation is 2. The van der Waals surface area contributed by atoms with Crippen molar-refractivity contribution in [3.63, 3.8) is 0 Å². The maximum Gasteiger partial charge on any atom is 0.127 e. The van der Waals surface area contributed by atoms with Crippen LogP contribution in [0.3, 0.4) is 0 Å². The lowest BCUT2D eigenvalue weighted by atomic mass is 10.0. The summed E-state index contributed by atoms with van der Waals surface area (Å²) in [4.78, 5) is 0. The van der Waals surface area contributed by atoms with E-state index in [1.54, 1.807) is 12.1 Å². The van der Waals surface area contributed by atoms with Crippen LogP contribution in [0.5, 0.6) is 0 Å². The number of nitrogens with zero attached hydrogens (tertiary/aromatic N) is 2. The lowest BCUT2D eigenvalue weighted by Gasteiger charge is -2.14. The fraction of sp³-hybridized carbons (Fsp3) is 0.438. The Morgan fingerprint density at radius 3 is 2.71 bits per heavy atom. The normalized spacial score (nSPS) is 12.6. The zero-order valence-corrected chi connectivity index (χ0v) is 13.2. The first kappa shape index (κ1) is 16.0. The van der Waals surface area contributed by atoms with Gasteiger partial charge < -0.3 is 5.73 Å². The van der Waals surface area contributed by atoms with Crippen molar-refractivity contribution < 1.29 is 4.39 Å². The summed E-state index contributed by atoms with van der Waals surface area (Å²) >= 11 is 6.05. The zero-order chi connectivity index (χ0) is 15.4. The molecule has 0 aliphatic carbocycles. The molecular weight excluding hydrogens is 289 g/mol. The van der Waals surface area contributed by atoms with Crippen LogP contribution in [0.2, 0.25) is 5.02 Å². The van der Waals surface area contributed by atoms with E-state index in [9.17, 15) is 4.39 Å². The van der Waals surface area contributed by atoms with Gasteiger partial charge in [0.05, 0.1) is 5.69 Å². The van der Waals surface area contributed by atoms with Crippen molar-refractivity contribution in [2.45, 2.75) is 45.7 Å². The first-order valence-electron chi connectivity index (χ1n) is 7.29. The van der Waals surface area contributed by atoms with Gasteiger partial charge in [-0.05, 0) is 38.0 Å². The van der Waals surface area contributed by atoms with E-state index < -0.39 is 0 Å². The standard InChI is InChI=1S/C16H21ClFN3/c1-3-12-10-13(21(4-2)20-12)8-11(19)9-14-15(17)6-5-7-16(14)18/h5-7,10-11H,3-4,8-9,19H2,1-2H3. The third-order valence-electron chi connectivity index (χ3n) is 3.58. The number of rotatable bonds is 6. The van der Waals surface area contributed by atoms with Gasteiger partial charge in [-0.3, -0.25) is 4.68 Å². The molecule has 1 heterocycles. The van der Waals surface area contributed by atoms with Crippen LogP contribution in [-0.4, -0.2) is 15.8 Å². The molecule has 1 aromatic carbocycles. The summed E-state index contributed by atoms with van der Waals surface area (Å²) in [7, 11) is 0. The van der Waals surface area contributed by atoms with Crippen molar-refractivity contribution in [3.8, 4) is 0 Å². The predicted molar refractivity (Wildman–Crippen MR) is 84.1 cm³/mol. The third-order valence-corrected chi connectivity index (χ3v) is 3.93. The van der Waals surface area contributed by atoms with E-state index in [2.05, 4.69) is 25.0 Å². The maximum absolute atomic E-state index is 13.8. The number of hydrogen-bond acceptors (Lipinski definition) is 2. The molecule has 0 radical (unpaired) electrons. The Hall–Kier alpha value is -1.39. The minimum absolute atomic E-state index is 0.189. The second-order valence-corrected chi connectivity index (χ2v) is 5.57. The molecule has 5 heteroatoms. The van der Waals surface area contributed by atoms with Crippen LogP contribution in [0.4, 0.5) is 4.39 Å². The molecule has 2 N–H and O–H groups in total. The lowest BCUT2D eigenvalue weighted by molar-refractivity contribution is 0.555. The van der Waals surface area contributed by atoms with Gasteiger partial charge in [-0.2, -0.15) is 5.10 Å². The maximum atomic E-state index is 13.8. The van der Waals surface area contributed by atoms with E-state index in [1.165, 1.54) is 6.07 Å². The second kappa shape index (κ2) is 7.05. The van der Waals surface area contributed by atoms with Gasteiger partial charge in [-0.25, -0.2) is 4.39 Å². The van der Waals surface area contributed by atoms with Crippen LogP contribution < -0.4 is 5.73 Å². The van der Waals surface area contributed by atoms with Gasteiger partial charge >= 0.3 is 0 Å². The van der Waals surface area contributed by atoms with Gasteiger partial charge in [0.2, 0.25) is 0 Å². The average molecular weight is 310 g/mol. The van der Waals surface area contributed by atoms with Gasteiger partial charge in [0.1, 0.15) is 5.82 Å². The van der Waals surface area contributed by atoms with Gasteiger partial charge in [-0.1, -0.05) is 24.6 Å². The molecule has 1 unspecified atom stereocenters. The third kappa shape index (κ3) is 3.83. The van der Waals surface area contributed by atoms with Gasteiger partial charge in [-0.15, -0.1) is 0 Å². The molecule has 0 bridgehead atoms. The molecule has 0 amide bonds. The van der Waals surface area contributed by atoms with Crippen molar-refractivity contribution in [2.75, 3.05) is 0 Å². The van der Waals surface area contributed by atoms with E-state index in [0.29, 0.717) is 23.4 Å². The number of nitrogens with two attached hydrogens (primary N) is 1. The number of halogens is 2. The Morgan fingerprint density at radius 2 is 2.10 bits per heavy atom. The number of aromatic nitrogens is 2. The molecule has 0 saturated heterocycles. The number of hydrogen-bond donors (Lipinski definition) is 1. The van der Waals surface area contributed by atoms with Gasteiger partial charge in [0.25, 0.3) is 0 Å². The monoisotopic (exact) mass is 309 g/mol. The Balaban J connectivity index is 2.11. The predicted octanol–water partition coefficient (Wildman–Crippen LogP) is 3.37. The molecule has 114 valence electrons. The fourth-order valence-electron chi connectivity index (χ4n) is 2.46. The topological polar surface area (TPSA) is 43.8 Å². The van der Waals surface area contributed by atoms with Crippen LogP contribution in [0.25, 0.3) is 0 Å². The molecule has 0 aliphatic rings. The Kier molecular flexibility index (Phi) is 5.37. The minimum atomic E-state index is -0.295. The molecule has 0 saturated carbocycles. The van der Waals surface area contributed by atoms with Crippen LogP contribution in [-0.2, 0) is 25.8 Å². The van der Waals surface area contributed by atoms with Gasteiger partial charge in [0.15, 0.2) is 0 Å². The molecule has 2 aromatic rings. The quantitative estimate of drug-likeness (QED) is 0.889. The molecular formula is C16H21ClFN3. The van der Waals surface area contributed by atoms with E-state index in [4.69, 9.17) is 17.3 Å². The minimum Gasteiger partial charge on any atom is -0.327 e. The SMILES string of the molecule is CCc1cc(CC(N)Cc2c(F)cccc2Cl)n(CC)n1. The lowest BCUT2D eigenvalue weighted by Crippen LogP contribution is -2.27. The first-order chi connectivity index (χ1) is 10.0. The molecule has 1 aromatic heterocycles. The molecule has 3 nitrogen and oxygen atoms in total. The molecule has 1 atom stereocenters. The summed E-state index contributed by atoms with van der Waals surface area (Å²) in [6.07, 6.45) is 1.97. The summed E-state index contributed by atoms with van der Waals surface area (Å²) in [6.45, 7) is 4.93. The van der Waals surface area contributed by atoms with Crippen LogP contribution >= 0.6 is 11.6 Å². The van der Waals surface area contributed by atoms with E-state index in [1.807, 2.05) is 4.68 Å². The number of benzene rings is 1. The molecule has 21 heavy (non-hydrogen) atoms. The summed E-state index contributed by atoms with van der Waals surface area (Å²) in [5.74, 6) is -0.295. The Labute approximate surface area is 129 Å². The summed E-state index contributed by atoms with van der Waals surface area (Å²) in [6, 6.07) is 6.60. The first-order valence-corrected chi connectivity index (χ1v) is 7.67. The van der Waals surface area contributed by atoms with Crippen molar-refractivity contribution >= 4 is 11.6 Å². The fourth-order valence-corrected chi connectivity index (χ4v) is 2.70.